The average Bonchev–Trinajstić information content (AvgIpc) is 2.72. The van der Waals surface area contributed by atoms with Crippen LogP contribution in [-0.2, 0) is 12.8 Å². The Labute approximate surface area is 174 Å². The minimum absolute atomic E-state index is 0.0829. The van der Waals surface area contributed by atoms with Crippen molar-refractivity contribution in [1.82, 2.24) is 4.90 Å². The second kappa shape index (κ2) is 10.6. The number of aryl methyl sites for hydroxylation is 2. The number of ketones is 1. The van der Waals surface area contributed by atoms with E-state index >= 15 is 0 Å². The van der Waals surface area contributed by atoms with Crippen LogP contribution in [0.25, 0.3) is 6.08 Å². The maximum Gasteiger partial charge on any atom is 0.253 e. The normalized spacial score (nSPS) is 10.9. The molecule has 2 rings (SSSR count). The van der Waals surface area contributed by atoms with E-state index in [9.17, 15) is 9.59 Å². The van der Waals surface area contributed by atoms with Gasteiger partial charge in [-0.1, -0.05) is 44.9 Å². The van der Waals surface area contributed by atoms with Crippen molar-refractivity contribution in [2.24, 2.45) is 0 Å². The summed E-state index contributed by atoms with van der Waals surface area (Å²) in [6.07, 6.45) is 7.45. The van der Waals surface area contributed by atoms with E-state index < -0.39 is 0 Å². The Hall–Kier alpha value is -2.88. The van der Waals surface area contributed by atoms with Gasteiger partial charge in [-0.05, 0) is 54.3 Å². The van der Waals surface area contributed by atoms with Gasteiger partial charge >= 0.3 is 0 Å². The highest BCUT2D eigenvalue weighted by Gasteiger charge is 2.11. The summed E-state index contributed by atoms with van der Waals surface area (Å²) in [5, 5.41) is 0. The molecule has 1 amide bonds. The fraction of sp³-hybridized carbons (Fsp3) is 0.360. The van der Waals surface area contributed by atoms with E-state index in [1.165, 1.54) is 16.0 Å². The Morgan fingerprint density at radius 2 is 1.59 bits per heavy atom. The van der Waals surface area contributed by atoms with Crippen molar-refractivity contribution in [2.75, 3.05) is 21.2 Å². The summed E-state index contributed by atoms with van der Waals surface area (Å²) in [7, 11) is 5.08. The molecule has 0 saturated heterocycles. The van der Waals surface area contributed by atoms with Crippen LogP contribution in [0.5, 0.6) is 5.75 Å². The van der Waals surface area contributed by atoms with E-state index in [1.807, 2.05) is 6.08 Å². The first-order valence-electron chi connectivity index (χ1n) is 10.1. The maximum absolute atomic E-state index is 12.6. The zero-order chi connectivity index (χ0) is 21.4. The molecule has 4 heteroatoms. The highest BCUT2D eigenvalue weighted by Crippen LogP contribution is 2.29. The fourth-order valence-electron chi connectivity index (χ4n) is 3.34. The number of hydrogen-bond donors (Lipinski definition) is 0. The van der Waals surface area contributed by atoms with Crippen LogP contribution in [0, 0.1) is 0 Å². The van der Waals surface area contributed by atoms with Crippen LogP contribution in [0.2, 0.25) is 0 Å². The summed E-state index contributed by atoms with van der Waals surface area (Å²) < 4.78 is 5.66. The van der Waals surface area contributed by atoms with E-state index in [0.717, 1.165) is 37.0 Å². The molecule has 0 aromatic heterocycles. The van der Waals surface area contributed by atoms with E-state index in [1.54, 1.807) is 51.5 Å². The van der Waals surface area contributed by atoms with E-state index in [4.69, 9.17) is 4.74 Å². The smallest absolute Gasteiger partial charge is 0.253 e. The summed E-state index contributed by atoms with van der Waals surface area (Å²) in [5.74, 6) is 0.650. The standard InChI is InChI=1S/C25H31NO3/c1-6-8-18-16-21(9-7-2)24(29-5)22(17-18)14-15-23(27)19-10-12-20(13-11-19)25(28)26(3)4/h10-17H,6-9H2,1-5H3. The third kappa shape index (κ3) is 5.80. The molecule has 2 aromatic rings. The van der Waals surface area contributed by atoms with Gasteiger partial charge in [-0.15, -0.1) is 0 Å². The molecule has 154 valence electrons. The Morgan fingerprint density at radius 1 is 0.966 bits per heavy atom. The quantitative estimate of drug-likeness (QED) is 0.435. The number of carbonyl (C=O) groups excluding carboxylic acids is 2. The highest BCUT2D eigenvalue weighted by atomic mass is 16.5. The van der Waals surface area contributed by atoms with Gasteiger partial charge in [0.2, 0.25) is 0 Å². The number of ether oxygens (including phenoxy) is 1. The van der Waals surface area contributed by atoms with Crippen molar-refractivity contribution in [2.45, 2.75) is 39.5 Å². The van der Waals surface area contributed by atoms with Crippen molar-refractivity contribution in [3.05, 3.63) is 70.3 Å². The van der Waals surface area contributed by atoms with Crippen molar-refractivity contribution < 1.29 is 14.3 Å². The lowest BCUT2D eigenvalue weighted by molar-refractivity contribution is 0.0827. The van der Waals surface area contributed by atoms with Crippen molar-refractivity contribution in [1.29, 1.82) is 0 Å². The molecule has 2 aromatic carbocycles. The lowest BCUT2D eigenvalue weighted by Crippen LogP contribution is -2.21. The molecule has 4 nitrogen and oxygen atoms in total. The van der Waals surface area contributed by atoms with E-state index in [2.05, 4.69) is 26.0 Å². The lowest BCUT2D eigenvalue weighted by atomic mass is 9.97. The molecule has 0 N–H and O–H groups in total. The van der Waals surface area contributed by atoms with Gasteiger partial charge in [0.15, 0.2) is 5.78 Å². The maximum atomic E-state index is 12.6. The molecular formula is C25H31NO3. The zero-order valence-corrected chi connectivity index (χ0v) is 18.1. The fourth-order valence-corrected chi connectivity index (χ4v) is 3.34. The molecule has 0 fully saturated rings. The second-order valence-corrected chi connectivity index (χ2v) is 7.35. The van der Waals surface area contributed by atoms with E-state index in [0.29, 0.717) is 11.1 Å². The largest absolute Gasteiger partial charge is 0.496 e. The second-order valence-electron chi connectivity index (χ2n) is 7.35. The molecule has 0 atom stereocenters. The molecule has 0 spiro atoms. The van der Waals surface area contributed by atoms with Gasteiger partial charge in [0.1, 0.15) is 5.75 Å². The molecule has 0 aliphatic carbocycles. The number of rotatable bonds is 9. The monoisotopic (exact) mass is 393 g/mol. The number of amides is 1. The van der Waals surface area contributed by atoms with Crippen LogP contribution in [0.1, 0.15) is 64.1 Å². The SMILES string of the molecule is CCCc1cc(C=CC(=O)c2ccc(C(=O)N(C)C)cc2)c(OC)c(CCC)c1. The predicted molar refractivity (Wildman–Crippen MR) is 119 cm³/mol. The van der Waals surface area contributed by atoms with Gasteiger partial charge in [-0.2, -0.15) is 0 Å². The Kier molecular flexibility index (Phi) is 8.20. The molecule has 0 radical (unpaired) electrons. The first-order chi connectivity index (χ1) is 13.9. The molecule has 0 saturated carbocycles. The van der Waals surface area contributed by atoms with Crippen LogP contribution >= 0.6 is 0 Å². The number of nitrogens with zero attached hydrogens (tertiary/aromatic N) is 1. The minimum Gasteiger partial charge on any atom is -0.496 e. The summed E-state index contributed by atoms with van der Waals surface area (Å²) >= 11 is 0. The number of allylic oxidation sites excluding steroid dienone is 1. The third-order valence-corrected chi connectivity index (χ3v) is 4.75. The Bertz CT molecular complexity index is 880. The van der Waals surface area contributed by atoms with Gasteiger partial charge in [-0.25, -0.2) is 0 Å². The molecule has 0 bridgehead atoms. The topological polar surface area (TPSA) is 46.6 Å². The Balaban J connectivity index is 2.29. The zero-order valence-electron chi connectivity index (χ0n) is 18.1. The van der Waals surface area contributed by atoms with Gasteiger partial charge in [0.05, 0.1) is 7.11 Å². The first kappa shape index (κ1) is 22.4. The summed E-state index contributed by atoms with van der Waals surface area (Å²) in [6, 6.07) is 11.1. The van der Waals surface area contributed by atoms with Gasteiger partial charge < -0.3 is 9.64 Å². The molecule has 0 unspecified atom stereocenters. The van der Waals surface area contributed by atoms with Gasteiger partial charge in [-0.3, -0.25) is 9.59 Å². The van der Waals surface area contributed by atoms with Crippen molar-refractivity contribution in [3.8, 4) is 5.75 Å². The van der Waals surface area contributed by atoms with Crippen LogP contribution in [0.4, 0.5) is 0 Å². The number of hydrogen-bond acceptors (Lipinski definition) is 3. The average molecular weight is 394 g/mol. The minimum atomic E-state index is -0.103. The summed E-state index contributed by atoms with van der Waals surface area (Å²) in [6.45, 7) is 4.31. The number of benzene rings is 2. The van der Waals surface area contributed by atoms with E-state index in [-0.39, 0.29) is 11.7 Å². The Morgan fingerprint density at radius 3 is 2.14 bits per heavy atom. The van der Waals surface area contributed by atoms with Crippen LogP contribution in [-0.4, -0.2) is 37.8 Å². The van der Waals surface area contributed by atoms with Crippen LogP contribution in [0.15, 0.2) is 42.5 Å². The van der Waals surface area contributed by atoms with Gasteiger partial charge in [0, 0.05) is 30.8 Å². The third-order valence-electron chi connectivity index (χ3n) is 4.75. The lowest BCUT2D eigenvalue weighted by Gasteiger charge is -2.14. The highest BCUT2D eigenvalue weighted by molar-refractivity contribution is 6.07. The van der Waals surface area contributed by atoms with Gasteiger partial charge in [0.25, 0.3) is 5.91 Å². The molecular weight excluding hydrogens is 362 g/mol. The first-order valence-corrected chi connectivity index (χ1v) is 10.1. The number of methoxy groups -OCH3 is 1. The van der Waals surface area contributed by atoms with Crippen molar-refractivity contribution in [3.63, 3.8) is 0 Å². The van der Waals surface area contributed by atoms with Crippen molar-refractivity contribution >= 4 is 17.8 Å². The summed E-state index contributed by atoms with van der Waals surface area (Å²) in [4.78, 5) is 26.1. The molecule has 0 heterocycles. The molecule has 0 aliphatic rings. The number of carbonyl (C=O) groups is 2. The summed E-state index contributed by atoms with van der Waals surface area (Å²) in [5.41, 5.74) is 4.48. The predicted octanol–water partition coefficient (Wildman–Crippen LogP) is 5.20. The van der Waals surface area contributed by atoms with Crippen LogP contribution in [0.3, 0.4) is 0 Å². The molecule has 0 aliphatic heterocycles. The van der Waals surface area contributed by atoms with Crippen LogP contribution < -0.4 is 4.74 Å². The molecule has 29 heavy (non-hydrogen) atoms.